The van der Waals surface area contributed by atoms with Crippen molar-refractivity contribution >= 4 is 15.7 Å². The summed E-state index contributed by atoms with van der Waals surface area (Å²) in [6.07, 6.45) is 0. The van der Waals surface area contributed by atoms with Crippen molar-refractivity contribution in [3.05, 3.63) is 47.7 Å². The van der Waals surface area contributed by atoms with E-state index in [9.17, 15) is 8.42 Å². The van der Waals surface area contributed by atoms with Gasteiger partial charge in [-0.3, -0.25) is 4.72 Å². The van der Waals surface area contributed by atoms with Crippen LogP contribution in [-0.2, 0) is 28.0 Å². The van der Waals surface area contributed by atoms with Gasteiger partial charge in [-0.05, 0) is 29.8 Å². The SMILES string of the molecule is COCc1cccc(NS(=O)(=O)c2ccc(CO)o2)c1. The molecule has 0 aliphatic rings. The Kier molecular flexibility index (Phi) is 4.43. The Labute approximate surface area is 117 Å². The Hall–Kier alpha value is -1.83. The van der Waals surface area contributed by atoms with Gasteiger partial charge in [-0.2, -0.15) is 8.42 Å². The quantitative estimate of drug-likeness (QED) is 0.847. The van der Waals surface area contributed by atoms with Crippen LogP contribution in [0.25, 0.3) is 0 Å². The van der Waals surface area contributed by atoms with Gasteiger partial charge in [0.25, 0.3) is 10.0 Å². The number of anilines is 1. The van der Waals surface area contributed by atoms with Crippen LogP contribution in [0.15, 0.2) is 45.9 Å². The summed E-state index contributed by atoms with van der Waals surface area (Å²) < 4.78 is 36.6. The predicted octanol–water partition coefficient (Wildman–Crippen LogP) is 1.72. The maximum absolute atomic E-state index is 12.1. The number of aliphatic hydroxyl groups is 1. The van der Waals surface area contributed by atoms with E-state index in [0.29, 0.717) is 12.3 Å². The van der Waals surface area contributed by atoms with Crippen molar-refractivity contribution in [3.8, 4) is 0 Å². The van der Waals surface area contributed by atoms with Gasteiger partial charge in [-0.1, -0.05) is 12.1 Å². The first-order valence-electron chi connectivity index (χ1n) is 5.85. The zero-order valence-corrected chi connectivity index (χ0v) is 11.7. The number of hydrogen-bond acceptors (Lipinski definition) is 5. The first kappa shape index (κ1) is 14.6. The van der Waals surface area contributed by atoms with E-state index in [0.717, 1.165) is 5.56 Å². The van der Waals surface area contributed by atoms with Gasteiger partial charge >= 0.3 is 0 Å². The minimum absolute atomic E-state index is 0.193. The molecule has 0 amide bonds. The Morgan fingerprint density at radius 3 is 2.75 bits per heavy atom. The van der Waals surface area contributed by atoms with Gasteiger partial charge in [0, 0.05) is 12.8 Å². The van der Waals surface area contributed by atoms with Gasteiger partial charge in [0.2, 0.25) is 5.09 Å². The first-order valence-corrected chi connectivity index (χ1v) is 7.34. The molecule has 2 N–H and O–H groups in total. The van der Waals surface area contributed by atoms with Crippen molar-refractivity contribution in [1.82, 2.24) is 0 Å². The fourth-order valence-electron chi connectivity index (χ4n) is 1.68. The molecule has 0 atom stereocenters. The van der Waals surface area contributed by atoms with Crippen LogP contribution < -0.4 is 4.72 Å². The number of benzene rings is 1. The van der Waals surface area contributed by atoms with Crippen LogP contribution >= 0.6 is 0 Å². The van der Waals surface area contributed by atoms with E-state index in [1.54, 1.807) is 25.3 Å². The highest BCUT2D eigenvalue weighted by Gasteiger charge is 2.18. The standard InChI is InChI=1S/C13H15NO5S/c1-18-9-10-3-2-4-11(7-10)14-20(16,17)13-6-5-12(8-15)19-13/h2-7,14-15H,8-9H2,1H3. The maximum atomic E-state index is 12.1. The van der Waals surface area contributed by atoms with Crippen LogP contribution in [0.2, 0.25) is 0 Å². The summed E-state index contributed by atoms with van der Waals surface area (Å²) in [5.41, 5.74) is 1.27. The topological polar surface area (TPSA) is 88.8 Å². The molecule has 0 fully saturated rings. The summed E-state index contributed by atoms with van der Waals surface area (Å²) in [5, 5.41) is 8.64. The average Bonchev–Trinajstić information content (AvgIpc) is 2.88. The largest absolute Gasteiger partial charge is 0.445 e. The second-order valence-electron chi connectivity index (χ2n) is 4.12. The van der Waals surface area contributed by atoms with E-state index < -0.39 is 10.0 Å². The zero-order chi connectivity index (χ0) is 14.6. The van der Waals surface area contributed by atoms with Gasteiger partial charge < -0.3 is 14.3 Å². The van der Waals surface area contributed by atoms with E-state index in [4.69, 9.17) is 14.3 Å². The lowest BCUT2D eigenvalue weighted by Gasteiger charge is -2.07. The summed E-state index contributed by atoms with van der Waals surface area (Å²) in [6, 6.07) is 9.58. The highest BCUT2D eigenvalue weighted by molar-refractivity contribution is 7.92. The predicted molar refractivity (Wildman–Crippen MR) is 72.6 cm³/mol. The second kappa shape index (κ2) is 6.08. The number of aliphatic hydroxyl groups excluding tert-OH is 1. The molecule has 0 spiro atoms. The van der Waals surface area contributed by atoms with E-state index in [1.165, 1.54) is 12.1 Å². The second-order valence-corrected chi connectivity index (χ2v) is 5.73. The van der Waals surface area contributed by atoms with Crippen molar-refractivity contribution in [2.75, 3.05) is 11.8 Å². The minimum atomic E-state index is -3.80. The van der Waals surface area contributed by atoms with Crippen LogP contribution in [0.5, 0.6) is 0 Å². The Bertz CT molecular complexity index is 678. The molecule has 0 saturated carbocycles. The normalized spacial score (nSPS) is 11.5. The first-order chi connectivity index (χ1) is 9.55. The van der Waals surface area contributed by atoms with E-state index in [1.807, 2.05) is 6.07 Å². The molecule has 0 aliphatic heterocycles. The van der Waals surface area contributed by atoms with Crippen LogP contribution in [0.4, 0.5) is 5.69 Å². The van der Waals surface area contributed by atoms with Crippen molar-refractivity contribution in [1.29, 1.82) is 0 Å². The highest BCUT2D eigenvalue weighted by atomic mass is 32.2. The lowest BCUT2D eigenvalue weighted by Crippen LogP contribution is -2.12. The average molecular weight is 297 g/mol. The molecule has 7 heteroatoms. The molecule has 20 heavy (non-hydrogen) atoms. The van der Waals surface area contributed by atoms with E-state index in [2.05, 4.69) is 4.72 Å². The number of hydrogen-bond donors (Lipinski definition) is 2. The maximum Gasteiger partial charge on any atom is 0.295 e. The Morgan fingerprint density at radius 1 is 1.30 bits per heavy atom. The molecule has 1 aromatic heterocycles. The lowest BCUT2D eigenvalue weighted by atomic mass is 10.2. The lowest BCUT2D eigenvalue weighted by molar-refractivity contribution is 0.185. The van der Waals surface area contributed by atoms with Crippen LogP contribution in [-0.4, -0.2) is 20.6 Å². The van der Waals surface area contributed by atoms with Crippen molar-refractivity contribution in [2.45, 2.75) is 18.3 Å². The van der Waals surface area contributed by atoms with Gasteiger partial charge in [-0.25, -0.2) is 0 Å². The summed E-state index contributed by atoms with van der Waals surface area (Å²) in [4.78, 5) is 0. The molecule has 0 bridgehead atoms. The smallest absolute Gasteiger partial charge is 0.295 e. The number of ether oxygens (including phenoxy) is 1. The molecule has 0 saturated heterocycles. The van der Waals surface area contributed by atoms with E-state index in [-0.39, 0.29) is 17.5 Å². The number of sulfonamides is 1. The summed E-state index contributed by atoms with van der Waals surface area (Å²) in [6.45, 7) is 0.0455. The molecular formula is C13H15NO5S. The van der Waals surface area contributed by atoms with Crippen molar-refractivity contribution in [2.24, 2.45) is 0 Å². The molecule has 0 unspecified atom stereocenters. The van der Waals surface area contributed by atoms with Crippen LogP contribution in [0, 0.1) is 0 Å². The molecule has 6 nitrogen and oxygen atoms in total. The molecule has 1 aromatic carbocycles. The van der Waals surface area contributed by atoms with Crippen LogP contribution in [0.1, 0.15) is 11.3 Å². The third kappa shape index (κ3) is 3.38. The fraction of sp³-hybridized carbons (Fsp3) is 0.231. The van der Waals surface area contributed by atoms with Gasteiger partial charge in [0.1, 0.15) is 12.4 Å². The van der Waals surface area contributed by atoms with Crippen molar-refractivity contribution < 1.29 is 22.7 Å². The van der Waals surface area contributed by atoms with Crippen molar-refractivity contribution in [3.63, 3.8) is 0 Å². The van der Waals surface area contributed by atoms with E-state index >= 15 is 0 Å². The molecule has 0 aliphatic carbocycles. The summed E-state index contributed by atoms with van der Waals surface area (Å²) >= 11 is 0. The molecular weight excluding hydrogens is 282 g/mol. The van der Waals surface area contributed by atoms with Gasteiger partial charge in [0.05, 0.1) is 6.61 Å². The Balaban J connectivity index is 2.21. The fourth-order valence-corrected chi connectivity index (χ4v) is 2.69. The zero-order valence-electron chi connectivity index (χ0n) is 10.9. The Morgan fingerprint density at radius 2 is 2.10 bits per heavy atom. The molecule has 1 heterocycles. The summed E-state index contributed by atoms with van der Waals surface area (Å²) in [5.74, 6) is 0.193. The molecule has 0 radical (unpaired) electrons. The van der Waals surface area contributed by atoms with Crippen LogP contribution in [0.3, 0.4) is 0 Å². The monoisotopic (exact) mass is 297 g/mol. The highest BCUT2D eigenvalue weighted by Crippen LogP contribution is 2.19. The molecule has 2 aromatic rings. The third-order valence-corrected chi connectivity index (χ3v) is 3.80. The minimum Gasteiger partial charge on any atom is -0.445 e. The molecule has 2 rings (SSSR count). The number of furan rings is 1. The number of rotatable bonds is 6. The summed E-state index contributed by atoms with van der Waals surface area (Å²) in [7, 11) is -2.24. The third-order valence-electron chi connectivity index (χ3n) is 2.55. The molecule has 108 valence electrons. The van der Waals surface area contributed by atoms with Gasteiger partial charge in [0.15, 0.2) is 0 Å². The number of methoxy groups -OCH3 is 1. The van der Waals surface area contributed by atoms with Gasteiger partial charge in [-0.15, -0.1) is 0 Å². The number of nitrogens with one attached hydrogen (secondary N) is 1.